The Morgan fingerprint density at radius 3 is 2.19 bits per heavy atom. The first kappa shape index (κ1) is 21.2. The Hall–Kier alpha value is -2.67. The summed E-state index contributed by atoms with van der Waals surface area (Å²) in [7, 11) is 1.85. The zero-order valence-corrected chi connectivity index (χ0v) is 18.9. The van der Waals surface area contributed by atoms with Gasteiger partial charge in [-0.3, -0.25) is 14.5 Å². The van der Waals surface area contributed by atoms with Crippen LogP contribution in [0.4, 0.5) is 0 Å². The summed E-state index contributed by atoms with van der Waals surface area (Å²) in [4.78, 5) is 36.0. The second-order valence-electron chi connectivity index (χ2n) is 9.51. The van der Waals surface area contributed by atoms with Gasteiger partial charge in [0.05, 0.1) is 0 Å². The Balaban J connectivity index is 1.09. The van der Waals surface area contributed by atoms with Crippen molar-refractivity contribution in [3.63, 3.8) is 0 Å². The van der Waals surface area contributed by atoms with Crippen LogP contribution in [0.2, 0.25) is 0 Å². The number of rotatable bonds is 4. The maximum absolute atomic E-state index is 12.9. The first-order chi connectivity index (χ1) is 15.6. The number of hydrogen-bond acceptors (Lipinski definition) is 4. The van der Waals surface area contributed by atoms with Crippen molar-refractivity contribution < 1.29 is 9.59 Å². The molecule has 2 amide bonds. The van der Waals surface area contributed by atoms with Gasteiger partial charge in [0.25, 0.3) is 11.8 Å². The quantitative estimate of drug-likeness (QED) is 0.741. The van der Waals surface area contributed by atoms with Crippen LogP contribution in [0.1, 0.15) is 64.6 Å². The summed E-state index contributed by atoms with van der Waals surface area (Å²) >= 11 is 0. The van der Waals surface area contributed by atoms with Crippen LogP contribution in [0.25, 0.3) is 0 Å². The number of carbonyl (C=O) groups is 2. The van der Waals surface area contributed by atoms with Crippen molar-refractivity contribution in [3.05, 3.63) is 53.6 Å². The minimum Gasteiger partial charge on any atom is -0.335 e. The summed E-state index contributed by atoms with van der Waals surface area (Å²) in [6.45, 7) is 4.66. The summed E-state index contributed by atoms with van der Waals surface area (Å²) in [6.07, 6.45) is 10.0. The number of piperazine rings is 1. The largest absolute Gasteiger partial charge is 0.335 e. The number of imidazole rings is 1. The fourth-order valence-corrected chi connectivity index (χ4v) is 5.37. The van der Waals surface area contributed by atoms with Crippen LogP contribution in [0, 0.1) is 0 Å². The lowest BCUT2D eigenvalue weighted by molar-refractivity contribution is 0.00824. The van der Waals surface area contributed by atoms with E-state index in [0.29, 0.717) is 30.9 Å². The second kappa shape index (κ2) is 9.06. The van der Waals surface area contributed by atoms with Crippen molar-refractivity contribution in [1.82, 2.24) is 24.3 Å². The molecule has 0 N–H and O–H groups in total. The second-order valence-corrected chi connectivity index (χ2v) is 9.51. The van der Waals surface area contributed by atoms with E-state index >= 15 is 0 Å². The van der Waals surface area contributed by atoms with Gasteiger partial charge in [-0.1, -0.05) is 31.4 Å². The van der Waals surface area contributed by atoms with Gasteiger partial charge in [0.1, 0.15) is 0 Å². The van der Waals surface area contributed by atoms with Crippen molar-refractivity contribution in [2.75, 3.05) is 39.3 Å². The topological polar surface area (TPSA) is 61.7 Å². The van der Waals surface area contributed by atoms with E-state index in [1.807, 2.05) is 29.0 Å². The summed E-state index contributed by atoms with van der Waals surface area (Å²) in [5, 5.41) is 0. The number of aromatic nitrogens is 2. The van der Waals surface area contributed by atoms with Crippen LogP contribution in [-0.4, -0.2) is 81.4 Å². The number of nitrogens with zero attached hydrogens (tertiary/aromatic N) is 5. The van der Waals surface area contributed by atoms with E-state index in [1.165, 1.54) is 37.7 Å². The zero-order valence-electron chi connectivity index (χ0n) is 18.9. The van der Waals surface area contributed by atoms with Crippen LogP contribution in [0.5, 0.6) is 0 Å². The van der Waals surface area contributed by atoms with Crippen molar-refractivity contribution in [2.45, 2.75) is 44.1 Å². The fourth-order valence-electron chi connectivity index (χ4n) is 5.37. The Labute approximate surface area is 190 Å². The molecule has 0 spiro atoms. The highest BCUT2D eigenvalue weighted by Gasteiger charge is 2.37. The average molecular weight is 436 g/mol. The first-order valence-corrected chi connectivity index (χ1v) is 12.0. The highest BCUT2D eigenvalue weighted by Crippen LogP contribution is 2.32. The maximum Gasteiger partial charge on any atom is 0.289 e. The third-order valence-electron chi connectivity index (χ3n) is 7.51. The van der Waals surface area contributed by atoms with Gasteiger partial charge in [0, 0.05) is 70.3 Å². The van der Waals surface area contributed by atoms with Crippen LogP contribution in [-0.2, 0) is 7.05 Å². The molecule has 0 atom stereocenters. The number of aryl methyl sites for hydroxylation is 1. The molecule has 1 aromatic carbocycles. The Morgan fingerprint density at radius 1 is 0.875 bits per heavy atom. The molecule has 3 heterocycles. The molecule has 2 saturated heterocycles. The molecule has 2 aromatic rings. The zero-order chi connectivity index (χ0) is 22.1. The molecule has 1 saturated carbocycles. The minimum atomic E-state index is -0.000706. The summed E-state index contributed by atoms with van der Waals surface area (Å²) in [5.41, 5.74) is 2.19. The molecule has 0 bridgehead atoms. The van der Waals surface area contributed by atoms with Gasteiger partial charge in [-0.05, 0) is 36.5 Å². The monoisotopic (exact) mass is 435 g/mol. The van der Waals surface area contributed by atoms with Gasteiger partial charge in [0.2, 0.25) is 0 Å². The molecular weight excluding hydrogens is 402 g/mol. The maximum atomic E-state index is 12.9. The molecule has 2 aliphatic heterocycles. The number of hydrogen-bond donors (Lipinski definition) is 0. The van der Waals surface area contributed by atoms with Crippen LogP contribution in [0.15, 0.2) is 36.7 Å². The van der Waals surface area contributed by atoms with Gasteiger partial charge in [0.15, 0.2) is 5.82 Å². The normalized spacial score (nSPS) is 20.9. The van der Waals surface area contributed by atoms with Gasteiger partial charge >= 0.3 is 0 Å². The highest BCUT2D eigenvalue weighted by molar-refractivity contribution is 5.95. The molecule has 1 aromatic heterocycles. The molecule has 7 heteroatoms. The summed E-state index contributed by atoms with van der Waals surface area (Å²) in [6, 6.07) is 8.76. The lowest BCUT2D eigenvalue weighted by atomic mass is 9.84. The van der Waals surface area contributed by atoms with Crippen LogP contribution >= 0.6 is 0 Å². The van der Waals surface area contributed by atoms with E-state index in [2.05, 4.69) is 22.0 Å². The molecule has 170 valence electrons. The highest BCUT2D eigenvalue weighted by atomic mass is 16.2. The van der Waals surface area contributed by atoms with Crippen molar-refractivity contribution in [2.24, 2.45) is 7.05 Å². The van der Waals surface area contributed by atoms with Gasteiger partial charge in [-0.2, -0.15) is 0 Å². The SMILES string of the molecule is Cn1ccnc1C(=O)N1CCN(C2CN(C(=O)c3ccc(C4CCCCC4)cc3)C2)CC1. The molecule has 32 heavy (non-hydrogen) atoms. The van der Waals surface area contributed by atoms with Crippen LogP contribution < -0.4 is 0 Å². The van der Waals surface area contributed by atoms with Crippen molar-refractivity contribution >= 4 is 11.8 Å². The molecule has 3 aliphatic rings. The van der Waals surface area contributed by atoms with E-state index < -0.39 is 0 Å². The van der Waals surface area contributed by atoms with E-state index in [1.54, 1.807) is 17.0 Å². The van der Waals surface area contributed by atoms with Gasteiger partial charge in [-0.15, -0.1) is 0 Å². The first-order valence-electron chi connectivity index (χ1n) is 12.0. The molecule has 0 radical (unpaired) electrons. The van der Waals surface area contributed by atoms with E-state index in [4.69, 9.17) is 0 Å². The summed E-state index contributed by atoms with van der Waals surface area (Å²) in [5.74, 6) is 1.30. The number of carbonyl (C=O) groups excluding carboxylic acids is 2. The summed E-state index contributed by atoms with van der Waals surface area (Å²) < 4.78 is 1.77. The van der Waals surface area contributed by atoms with Crippen LogP contribution in [0.3, 0.4) is 0 Å². The third-order valence-corrected chi connectivity index (χ3v) is 7.51. The Bertz CT molecular complexity index is 949. The molecule has 5 rings (SSSR count). The minimum absolute atomic E-state index is 0.000706. The van der Waals surface area contributed by atoms with E-state index in [9.17, 15) is 9.59 Å². The molecular formula is C25H33N5O2. The lowest BCUT2D eigenvalue weighted by Gasteiger charge is -2.48. The van der Waals surface area contributed by atoms with E-state index in [0.717, 1.165) is 31.7 Å². The van der Waals surface area contributed by atoms with Crippen molar-refractivity contribution in [3.8, 4) is 0 Å². The lowest BCUT2D eigenvalue weighted by Crippen LogP contribution is -2.64. The molecule has 0 unspecified atom stereocenters. The standard InChI is InChI=1S/C25H33N5O2/c1-27-12-11-26-23(27)25(32)29-15-13-28(14-16-29)22-17-30(18-22)24(31)21-9-7-20(8-10-21)19-5-3-2-4-6-19/h7-12,19,22H,2-6,13-18H2,1H3. The molecule has 1 aliphatic carbocycles. The fraction of sp³-hybridized carbons (Fsp3) is 0.560. The number of amides is 2. The number of benzene rings is 1. The number of likely N-dealkylation sites (tertiary alicyclic amines) is 1. The Morgan fingerprint density at radius 2 is 1.56 bits per heavy atom. The van der Waals surface area contributed by atoms with Gasteiger partial charge in [-0.25, -0.2) is 4.98 Å². The van der Waals surface area contributed by atoms with E-state index in [-0.39, 0.29) is 11.8 Å². The predicted octanol–water partition coefficient (Wildman–Crippen LogP) is 2.75. The molecule has 7 nitrogen and oxygen atoms in total. The third kappa shape index (κ3) is 4.18. The van der Waals surface area contributed by atoms with Gasteiger partial charge < -0.3 is 14.4 Å². The van der Waals surface area contributed by atoms with Crippen molar-refractivity contribution in [1.29, 1.82) is 0 Å². The Kier molecular flexibility index (Phi) is 6.00. The smallest absolute Gasteiger partial charge is 0.289 e. The predicted molar refractivity (Wildman–Crippen MR) is 123 cm³/mol. The molecule has 3 fully saturated rings. The average Bonchev–Trinajstić information content (AvgIpc) is 3.24.